The van der Waals surface area contributed by atoms with E-state index in [9.17, 15) is 4.79 Å². The van der Waals surface area contributed by atoms with E-state index in [1.54, 1.807) is 25.6 Å². The second-order valence-corrected chi connectivity index (χ2v) is 6.62. The lowest BCUT2D eigenvalue weighted by Crippen LogP contribution is -2.42. The van der Waals surface area contributed by atoms with Crippen LogP contribution in [0.4, 0.5) is 5.82 Å². The SMILES string of the molecule is CNc1nccnc1[C@@H]1CN(C(=O)CCn2ccnc2C(C)C)CCO1. The van der Waals surface area contributed by atoms with Crippen molar-refractivity contribution in [2.45, 2.75) is 38.8 Å². The van der Waals surface area contributed by atoms with Gasteiger partial charge in [-0.25, -0.2) is 9.97 Å². The molecule has 0 bridgehead atoms. The van der Waals surface area contributed by atoms with E-state index >= 15 is 0 Å². The summed E-state index contributed by atoms with van der Waals surface area (Å²) in [5.41, 5.74) is 0.740. The van der Waals surface area contributed by atoms with Crippen LogP contribution in [0.15, 0.2) is 24.8 Å². The summed E-state index contributed by atoms with van der Waals surface area (Å²) in [7, 11) is 1.80. The molecule has 8 nitrogen and oxygen atoms in total. The van der Waals surface area contributed by atoms with Gasteiger partial charge in [-0.3, -0.25) is 9.78 Å². The number of anilines is 1. The molecule has 0 spiro atoms. The van der Waals surface area contributed by atoms with Gasteiger partial charge in [-0.1, -0.05) is 13.8 Å². The Labute approximate surface area is 153 Å². The largest absolute Gasteiger partial charge is 0.372 e. The third-order valence-corrected chi connectivity index (χ3v) is 4.52. The lowest BCUT2D eigenvalue weighted by molar-refractivity contribution is -0.139. The molecule has 1 aliphatic rings. The van der Waals surface area contributed by atoms with Gasteiger partial charge in [0, 0.05) is 57.3 Å². The number of carbonyl (C=O) groups is 1. The van der Waals surface area contributed by atoms with Crippen molar-refractivity contribution in [1.29, 1.82) is 0 Å². The molecule has 1 saturated heterocycles. The number of nitrogens with zero attached hydrogens (tertiary/aromatic N) is 5. The fraction of sp³-hybridized carbons (Fsp3) is 0.556. The molecule has 8 heteroatoms. The van der Waals surface area contributed by atoms with Gasteiger partial charge in [0.05, 0.1) is 13.2 Å². The first kappa shape index (κ1) is 18.3. The Morgan fingerprint density at radius 2 is 2.12 bits per heavy atom. The fourth-order valence-electron chi connectivity index (χ4n) is 3.20. The molecule has 26 heavy (non-hydrogen) atoms. The van der Waals surface area contributed by atoms with Crippen LogP contribution in [0.3, 0.4) is 0 Å². The molecule has 140 valence electrons. The minimum atomic E-state index is -0.261. The number of aryl methyl sites for hydroxylation is 1. The van der Waals surface area contributed by atoms with Crippen molar-refractivity contribution < 1.29 is 9.53 Å². The Hall–Kier alpha value is -2.48. The van der Waals surface area contributed by atoms with Crippen LogP contribution in [0.25, 0.3) is 0 Å². The summed E-state index contributed by atoms with van der Waals surface area (Å²) in [5.74, 6) is 2.16. The van der Waals surface area contributed by atoms with E-state index < -0.39 is 0 Å². The number of aromatic nitrogens is 4. The summed E-state index contributed by atoms with van der Waals surface area (Å²) >= 11 is 0. The predicted molar refractivity (Wildman–Crippen MR) is 97.8 cm³/mol. The molecule has 0 unspecified atom stereocenters. The van der Waals surface area contributed by atoms with Crippen molar-refractivity contribution in [2.75, 3.05) is 32.1 Å². The van der Waals surface area contributed by atoms with Gasteiger partial charge in [-0.2, -0.15) is 0 Å². The average molecular weight is 358 g/mol. The van der Waals surface area contributed by atoms with E-state index in [4.69, 9.17) is 4.74 Å². The standard InChI is InChI=1S/C18H26N6O2/c1-13(2)18-22-7-9-23(18)8-4-15(25)24-10-11-26-14(12-24)16-17(19-3)21-6-5-20-16/h5-7,9,13-14H,4,8,10-12H2,1-3H3,(H,19,21)/t14-/m0/s1. The molecular weight excluding hydrogens is 332 g/mol. The summed E-state index contributed by atoms with van der Waals surface area (Å²) in [4.78, 5) is 27.6. The van der Waals surface area contributed by atoms with Crippen molar-refractivity contribution in [2.24, 2.45) is 0 Å². The molecule has 0 aromatic carbocycles. The van der Waals surface area contributed by atoms with Crippen molar-refractivity contribution in [1.82, 2.24) is 24.4 Å². The molecule has 1 fully saturated rings. The monoisotopic (exact) mass is 358 g/mol. The molecule has 0 radical (unpaired) electrons. The van der Waals surface area contributed by atoms with Crippen LogP contribution in [-0.2, 0) is 16.1 Å². The van der Waals surface area contributed by atoms with E-state index in [-0.39, 0.29) is 12.0 Å². The lowest BCUT2D eigenvalue weighted by atomic mass is 10.1. The molecule has 1 aliphatic heterocycles. The lowest BCUT2D eigenvalue weighted by Gasteiger charge is -2.33. The third-order valence-electron chi connectivity index (χ3n) is 4.52. The van der Waals surface area contributed by atoms with Crippen LogP contribution < -0.4 is 5.32 Å². The molecule has 1 atom stereocenters. The molecule has 3 heterocycles. The first-order valence-electron chi connectivity index (χ1n) is 8.99. The van der Waals surface area contributed by atoms with E-state index in [2.05, 4.69) is 38.7 Å². The zero-order valence-electron chi connectivity index (χ0n) is 15.6. The molecule has 2 aromatic heterocycles. The normalized spacial score (nSPS) is 17.5. The van der Waals surface area contributed by atoms with Crippen LogP contribution in [0.5, 0.6) is 0 Å². The Morgan fingerprint density at radius 1 is 1.31 bits per heavy atom. The number of imidazole rings is 1. The Kier molecular flexibility index (Phi) is 5.82. The molecule has 3 rings (SSSR count). The highest BCUT2D eigenvalue weighted by molar-refractivity contribution is 5.76. The second kappa shape index (κ2) is 8.27. The van der Waals surface area contributed by atoms with Gasteiger partial charge in [0.25, 0.3) is 0 Å². The van der Waals surface area contributed by atoms with Gasteiger partial charge in [-0.05, 0) is 0 Å². The molecule has 1 amide bonds. The maximum absolute atomic E-state index is 12.7. The molecule has 0 saturated carbocycles. The first-order chi connectivity index (χ1) is 12.6. The topological polar surface area (TPSA) is 85.2 Å². The summed E-state index contributed by atoms with van der Waals surface area (Å²) in [6.45, 7) is 6.44. The number of nitrogens with one attached hydrogen (secondary N) is 1. The van der Waals surface area contributed by atoms with Gasteiger partial charge >= 0.3 is 0 Å². The Morgan fingerprint density at radius 3 is 2.88 bits per heavy atom. The summed E-state index contributed by atoms with van der Waals surface area (Å²) in [6.07, 6.45) is 7.19. The smallest absolute Gasteiger partial charge is 0.224 e. The second-order valence-electron chi connectivity index (χ2n) is 6.62. The van der Waals surface area contributed by atoms with Gasteiger partial charge in [0.1, 0.15) is 23.4 Å². The average Bonchev–Trinajstić information content (AvgIpc) is 3.15. The first-order valence-corrected chi connectivity index (χ1v) is 8.99. The Balaban J connectivity index is 1.62. The van der Waals surface area contributed by atoms with Gasteiger partial charge in [-0.15, -0.1) is 0 Å². The molecule has 2 aromatic rings. The minimum absolute atomic E-state index is 0.122. The van der Waals surface area contributed by atoms with Crippen LogP contribution in [0, 0.1) is 0 Å². The number of carbonyl (C=O) groups excluding carboxylic acids is 1. The molecular formula is C18H26N6O2. The van der Waals surface area contributed by atoms with Gasteiger partial charge < -0.3 is 19.5 Å². The van der Waals surface area contributed by atoms with Crippen molar-refractivity contribution in [3.63, 3.8) is 0 Å². The van der Waals surface area contributed by atoms with E-state index in [1.165, 1.54) is 0 Å². The van der Waals surface area contributed by atoms with Crippen LogP contribution >= 0.6 is 0 Å². The van der Waals surface area contributed by atoms with E-state index in [0.29, 0.717) is 44.4 Å². The maximum atomic E-state index is 12.7. The van der Waals surface area contributed by atoms with Crippen LogP contribution in [-0.4, -0.2) is 57.1 Å². The number of rotatable bonds is 6. The fourth-order valence-corrected chi connectivity index (χ4v) is 3.20. The Bertz CT molecular complexity index is 745. The van der Waals surface area contributed by atoms with Gasteiger partial charge in [0.15, 0.2) is 0 Å². The number of morpholine rings is 1. The van der Waals surface area contributed by atoms with Crippen molar-refractivity contribution in [3.8, 4) is 0 Å². The predicted octanol–water partition coefficient (Wildman–Crippen LogP) is 1.83. The summed E-state index contributed by atoms with van der Waals surface area (Å²) in [5, 5.41) is 3.03. The van der Waals surface area contributed by atoms with Crippen molar-refractivity contribution in [3.05, 3.63) is 36.3 Å². The number of hydrogen-bond donors (Lipinski definition) is 1. The van der Waals surface area contributed by atoms with Crippen molar-refractivity contribution >= 4 is 11.7 Å². The quantitative estimate of drug-likeness (QED) is 0.848. The summed E-state index contributed by atoms with van der Waals surface area (Å²) < 4.78 is 7.89. The minimum Gasteiger partial charge on any atom is -0.372 e. The van der Waals surface area contributed by atoms with E-state index in [0.717, 1.165) is 11.5 Å². The third kappa shape index (κ3) is 4.01. The van der Waals surface area contributed by atoms with Crippen LogP contribution in [0.1, 0.15) is 43.8 Å². The maximum Gasteiger partial charge on any atom is 0.224 e. The molecule has 0 aliphatic carbocycles. The highest BCUT2D eigenvalue weighted by Crippen LogP contribution is 2.25. The van der Waals surface area contributed by atoms with E-state index in [1.807, 2.05) is 11.1 Å². The summed E-state index contributed by atoms with van der Waals surface area (Å²) in [6, 6.07) is 0. The molecule has 1 N–H and O–H groups in total. The highest BCUT2D eigenvalue weighted by Gasteiger charge is 2.28. The number of ether oxygens (including phenoxy) is 1. The van der Waals surface area contributed by atoms with Crippen LogP contribution in [0.2, 0.25) is 0 Å². The number of hydrogen-bond acceptors (Lipinski definition) is 6. The zero-order chi connectivity index (χ0) is 18.5. The zero-order valence-corrected chi connectivity index (χ0v) is 15.6. The van der Waals surface area contributed by atoms with Gasteiger partial charge in [0.2, 0.25) is 5.91 Å². The number of amides is 1. The highest BCUT2D eigenvalue weighted by atomic mass is 16.5.